The van der Waals surface area contributed by atoms with Crippen LogP contribution in [0.15, 0.2) is 12.3 Å². The molecule has 2 nitrogen and oxygen atoms in total. The maximum absolute atomic E-state index is 9.05. The Kier molecular flexibility index (Phi) is 1.78. The smallest absolute Gasteiger partial charge is 0.136 e. The molecule has 0 aliphatic carbocycles. The second-order valence-corrected chi connectivity index (χ2v) is 2.09. The zero-order valence-corrected chi connectivity index (χ0v) is 5.52. The van der Waals surface area contributed by atoms with Gasteiger partial charge in [-0.15, -0.1) is 0 Å². The van der Waals surface area contributed by atoms with Crippen molar-refractivity contribution in [1.82, 2.24) is 4.98 Å². The molecule has 2 N–H and O–H groups in total. The third-order valence-electron chi connectivity index (χ3n) is 1.31. The van der Waals surface area contributed by atoms with Gasteiger partial charge in [-0.2, -0.15) is 0 Å². The Morgan fingerprint density at radius 3 is 2.89 bits per heavy atom. The number of nitrogens with one attached hydrogen (secondary N) is 1. The summed E-state index contributed by atoms with van der Waals surface area (Å²) in [5.74, 6) is 0.386. The second-order valence-electron chi connectivity index (χ2n) is 2.09. The van der Waals surface area contributed by atoms with E-state index in [1.165, 1.54) is 0 Å². The van der Waals surface area contributed by atoms with Crippen molar-refractivity contribution in [3.05, 3.63) is 18.0 Å². The first-order chi connectivity index (χ1) is 4.34. The zero-order chi connectivity index (χ0) is 6.69. The average Bonchev–Trinajstić information content (AvgIpc) is 2.18. The summed E-state index contributed by atoms with van der Waals surface area (Å²) in [4.78, 5) is 2.96. The molecule has 0 saturated carbocycles. The fraction of sp³-hybridized carbons (Fsp3) is 0.429. The van der Waals surface area contributed by atoms with Crippen molar-refractivity contribution in [2.75, 3.05) is 0 Å². The standard InChI is InChI=1S/C7H11NO/c1-2-3-6-7(9)4-5-8-6/h4-5,8-9H,2-3H2,1H3. The number of aromatic amines is 1. The molecule has 0 fully saturated rings. The molecule has 1 heterocycles. The number of H-pyrrole nitrogens is 1. The maximum atomic E-state index is 9.05. The van der Waals surface area contributed by atoms with Crippen LogP contribution in [0.5, 0.6) is 5.75 Å². The van der Waals surface area contributed by atoms with Crippen LogP contribution in [0, 0.1) is 0 Å². The number of aromatic nitrogens is 1. The first kappa shape index (κ1) is 6.20. The lowest BCUT2D eigenvalue weighted by Gasteiger charge is -1.92. The summed E-state index contributed by atoms with van der Waals surface area (Å²) in [6.07, 6.45) is 3.74. The first-order valence-corrected chi connectivity index (χ1v) is 3.19. The van der Waals surface area contributed by atoms with E-state index in [0.29, 0.717) is 5.75 Å². The van der Waals surface area contributed by atoms with Crippen LogP contribution >= 0.6 is 0 Å². The molecule has 0 aromatic carbocycles. The molecule has 1 aromatic heterocycles. The van der Waals surface area contributed by atoms with Crippen LogP contribution in [-0.2, 0) is 6.42 Å². The minimum Gasteiger partial charge on any atom is -0.506 e. The molecule has 1 aromatic rings. The monoisotopic (exact) mass is 125 g/mol. The summed E-state index contributed by atoms with van der Waals surface area (Å²) in [5, 5.41) is 9.05. The average molecular weight is 125 g/mol. The Bertz CT molecular complexity index is 181. The third-order valence-corrected chi connectivity index (χ3v) is 1.31. The highest BCUT2D eigenvalue weighted by molar-refractivity contribution is 5.25. The highest BCUT2D eigenvalue weighted by Crippen LogP contribution is 2.14. The predicted octanol–water partition coefficient (Wildman–Crippen LogP) is 1.67. The molecule has 0 bridgehead atoms. The van der Waals surface area contributed by atoms with E-state index < -0.39 is 0 Å². The fourth-order valence-corrected chi connectivity index (χ4v) is 0.846. The molecule has 9 heavy (non-hydrogen) atoms. The Balaban J connectivity index is 2.69. The molecule has 2 heteroatoms. The minimum absolute atomic E-state index is 0.386. The maximum Gasteiger partial charge on any atom is 0.136 e. The highest BCUT2D eigenvalue weighted by Gasteiger charge is 1.97. The van der Waals surface area contributed by atoms with E-state index in [2.05, 4.69) is 11.9 Å². The van der Waals surface area contributed by atoms with E-state index in [9.17, 15) is 0 Å². The van der Waals surface area contributed by atoms with Gasteiger partial charge in [0.15, 0.2) is 0 Å². The molecule has 50 valence electrons. The quantitative estimate of drug-likeness (QED) is 0.619. The van der Waals surface area contributed by atoms with Crippen LogP contribution in [0.4, 0.5) is 0 Å². The molecule has 0 spiro atoms. The Labute approximate surface area is 54.5 Å². The summed E-state index contributed by atoms with van der Waals surface area (Å²) in [7, 11) is 0. The first-order valence-electron chi connectivity index (χ1n) is 3.19. The fourth-order valence-electron chi connectivity index (χ4n) is 0.846. The van der Waals surface area contributed by atoms with Gasteiger partial charge in [0.25, 0.3) is 0 Å². The van der Waals surface area contributed by atoms with Crippen molar-refractivity contribution in [3.8, 4) is 5.75 Å². The number of rotatable bonds is 2. The molecule has 0 atom stereocenters. The number of hydrogen-bond acceptors (Lipinski definition) is 1. The van der Waals surface area contributed by atoms with Crippen molar-refractivity contribution < 1.29 is 5.11 Å². The topological polar surface area (TPSA) is 36.0 Å². The molecule has 0 saturated heterocycles. The van der Waals surface area contributed by atoms with Crippen LogP contribution in [0.2, 0.25) is 0 Å². The van der Waals surface area contributed by atoms with Crippen molar-refractivity contribution in [2.45, 2.75) is 19.8 Å². The van der Waals surface area contributed by atoms with E-state index >= 15 is 0 Å². The van der Waals surface area contributed by atoms with Crippen molar-refractivity contribution in [1.29, 1.82) is 0 Å². The van der Waals surface area contributed by atoms with Gasteiger partial charge in [0.2, 0.25) is 0 Å². The molecule has 0 unspecified atom stereocenters. The van der Waals surface area contributed by atoms with Crippen LogP contribution in [0.3, 0.4) is 0 Å². The molecular formula is C7H11NO. The van der Waals surface area contributed by atoms with Gasteiger partial charge >= 0.3 is 0 Å². The minimum atomic E-state index is 0.386. The van der Waals surface area contributed by atoms with Gasteiger partial charge in [-0.1, -0.05) is 13.3 Å². The molecular weight excluding hydrogens is 114 g/mol. The van der Waals surface area contributed by atoms with E-state index in [4.69, 9.17) is 5.11 Å². The summed E-state index contributed by atoms with van der Waals surface area (Å²) in [6.45, 7) is 2.08. The molecule has 0 aliphatic rings. The molecule has 1 rings (SSSR count). The number of aromatic hydroxyl groups is 1. The Hall–Kier alpha value is -0.920. The van der Waals surface area contributed by atoms with Crippen molar-refractivity contribution >= 4 is 0 Å². The molecule has 0 aliphatic heterocycles. The van der Waals surface area contributed by atoms with E-state index in [1.807, 2.05) is 0 Å². The van der Waals surface area contributed by atoms with Crippen LogP contribution in [0.25, 0.3) is 0 Å². The lowest BCUT2D eigenvalue weighted by atomic mass is 10.2. The second kappa shape index (κ2) is 2.58. The van der Waals surface area contributed by atoms with Crippen LogP contribution in [0.1, 0.15) is 19.0 Å². The third kappa shape index (κ3) is 1.25. The highest BCUT2D eigenvalue weighted by atomic mass is 16.3. The van der Waals surface area contributed by atoms with Gasteiger partial charge in [0.05, 0.1) is 5.69 Å². The van der Waals surface area contributed by atoms with Crippen LogP contribution < -0.4 is 0 Å². The van der Waals surface area contributed by atoms with Gasteiger partial charge < -0.3 is 10.1 Å². The Morgan fingerprint density at radius 1 is 1.67 bits per heavy atom. The molecule has 0 amide bonds. The molecule has 0 radical (unpaired) electrons. The van der Waals surface area contributed by atoms with Crippen LogP contribution in [-0.4, -0.2) is 10.1 Å². The van der Waals surface area contributed by atoms with Gasteiger partial charge in [-0.25, -0.2) is 0 Å². The largest absolute Gasteiger partial charge is 0.506 e. The summed E-state index contributed by atoms with van der Waals surface area (Å²) < 4.78 is 0. The SMILES string of the molecule is CCCc1[nH]ccc1O. The summed E-state index contributed by atoms with van der Waals surface area (Å²) >= 11 is 0. The number of hydrogen-bond donors (Lipinski definition) is 2. The van der Waals surface area contributed by atoms with Gasteiger partial charge in [0.1, 0.15) is 5.75 Å². The van der Waals surface area contributed by atoms with Gasteiger partial charge in [-0.05, 0) is 12.5 Å². The predicted molar refractivity (Wildman–Crippen MR) is 36.5 cm³/mol. The number of aryl methyl sites for hydroxylation is 1. The lowest BCUT2D eigenvalue weighted by Crippen LogP contribution is -1.81. The normalized spacial score (nSPS) is 9.89. The lowest BCUT2D eigenvalue weighted by molar-refractivity contribution is 0.468. The van der Waals surface area contributed by atoms with E-state index in [0.717, 1.165) is 18.5 Å². The van der Waals surface area contributed by atoms with Gasteiger partial charge in [-0.3, -0.25) is 0 Å². The zero-order valence-electron chi connectivity index (χ0n) is 5.52. The Morgan fingerprint density at radius 2 is 2.44 bits per heavy atom. The van der Waals surface area contributed by atoms with Crippen molar-refractivity contribution in [3.63, 3.8) is 0 Å². The van der Waals surface area contributed by atoms with E-state index in [1.54, 1.807) is 12.3 Å². The summed E-state index contributed by atoms with van der Waals surface area (Å²) in [5.41, 5.74) is 0.942. The van der Waals surface area contributed by atoms with Crippen molar-refractivity contribution in [2.24, 2.45) is 0 Å². The summed E-state index contributed by atoms with van der Waals surface area (Å²) in [6, 6.07) is 1.67. The van der Waals surface area contributed by atoms with E-state index in [-0.39, 0.29) is 0 Å². The van der Waals surface area contributed by atoms with Gasteiger partial charge in [0, 0.05) is 6.20 Å².